The van der Waals surface area contributed by atoms with Crippen molar-refractivity contribution in [2.75, 3.05) is 17.2 Å². The van der Waals surface area contributed by atoms with Crippen LogP contribution < -0.4 is 16.0 Å². The predicted octanol–water partition coefficient (Wildman–Crippen LogP) is 3.38. The number of nitrogens with one attached hydrogen (secondary N) is 3. The van der Waals surface area contributed by atoms with Crippen LogP contribution >= 0.6 is 0 Å². The Morgan fingerprint density at radius 2 is 1.81 bits per heavy atom. The minimum Gasteiger partial charge on any atom is -0.376 e. The van der Waals surface area contributed by atoms with E-state index in [-0.39, 0.29) is 24.3 Å². The van der Waals surface area contributed by atoms with Gasteiger partial charge in [0.2, 0.25) is 11.8 Å². The first kappa shape index (κ1) is 18.0. The number of anilines is 2. The lowest BCUT2D eigenvalue weighted by Gasteiger charge is -2.13. The SMILES string of the molecule is Cc1ccccc1CNC(=O)CNc1cc(NC(=O)C2CC2)ccc1C. The molecule has 0 atom stereocenters. The highest BCUT2D eigenvalue weighted by atomic mass is 16.2. The van der Waals surface area contributed by atoms with Crippen molar-refractivity contribution in [2.45, 2.75) is 33.2 Å². The smallest absolute Gasteiger partial charge is 0.239 e. The molecule has 5 nitrogen and oxygen atoms in total. The van der Waals surface area contributed by atoms with Crippen LogP contribution in [-0.4, -0.2) is 18.4 Å². The van der Waals surface area contributed by atoms with Gasteiger partial charge in [0.05, 0.1) is 6.54 Å². The van der Waals surface area contributed by atoms with Crippen LogP contribution in [0.1, 0.15) is 29.5 Å². The normalized spacial score (nSPS) is 13.2. The van der Waals surface area contributed by atoms with E-state index >= 15 is 0 Å². The van der Waals surface area contributed by atoms with Gasteiger partial charge in [-0.1, -0.05) is 30.3 Å². The third kappa shape index (κ3) is 4.85. The van der Waals surface area contributed by atoms with Crippen molar-refractivity contribution in [3.8, 4) is 0 Å². The van der Waals surface area contributed by atoms with Gasteiger partial charge >= 0.3 is 0 Å². The third-order valence-electron chi connectivity index (χ3n) is 4.63. The van der Waals surface area contributed by atoms with Crippen molar-refractivity contribution in [3.05, 3.63) is 59.2 Å². The molecule has 1 aliphatic carbocycles. The fourth-order valence-corrected chi connectivity index (χ4v) is 2.72. The molecule has 26 heavy (non-hydrogen) atoms. The molecule has 0 radical (unpaired) electrons. The Kier molecular flexibility index (Phi) is 5.56. The zero-order valence-electron chi connectivity index (χ0n) is 15.3. The van der Waals surface area contributed by atoms with E-state index in [4.69, 9.17) is 0 Å². The van der Waals surface area contributed by atoms with E-state index in [1.165, 1.54) is 0 Å². The van der Waals surface area contributed by atoms with Crippen molar-refractivity contribution in [2.24, 2.45) is 5.92 Å². The van der Waals surface area contributed by atoms with Gasteiger partial charge in [-0.15, -0.1) is 0 Å². The Balaban J connectivity index is 1.52. The first-order chi connectivity index (χ1) is 12.5. The van der Waals surface area contributed by atoms with E-state index in [0.717, 1.165) is 40.9 Å². The average Bonchev–Trinajstić information content (AvgIpc) is 3.46. The Morgan fingerprint density at radius 3 is 2.54 bits per heavy atom. The highest BCUT2D eigenvalue weighted by Crippen LogP contribution is 2.30. The van der Waals surface area contributed by atoms with Crippen LogP contribution in [-0.2, 0) is 16.1 Å². The minimum absolute atomic E-state index is 0.0694. The molecule has 3 N–H and O–H groups in total. The topological polar surface area (TPSA) is 70.2 Å². The molecule has 0 heterocycles. The van der Waals surface area contributed by atoms with Gasteiger partial charge in [-0.25, -0.2) is 0 Å². The molecular formula is C21H25N3O2. The number of carbonyl (C=O) groups is 2. The van der Waals surface area contributed by atoms with Gasteiger partial charge in [-0.3, -0.25) is 9.59 Å². The molecule has 2 aromatic rings. The Morgan fingerprint density at radius 1 is 1.04 bits per heavy atom. The van der Waals surface area contributed by atoms with E-state index in [1.54, 1.807) is 0 Å². The highest BCUT2D eigenvalue weighted by Gasteiger charge is 2.29. The molecule has 1 saturated carbocycles. The van der Waals surface area contributed by atoms with Gasteiger partial charge in [-0.2, -0.15) is 0 Å². The summed E-state index contributed by atoms with van der Waals surface area (Å²) in [5.74, 6) is 0.177. The first-order valence-corrected chi connectivity index (χ1v) is 8.99. The predicted molar refractivity (Wildman–Crippen MR) is 104 cm³/mol. The summed E-state index contributed by atoms with van der Waals surface area (Å²) in [7, 11) is 0. The second kappa shape index (κ2) is 8.04. The minimum atomic E-state index is -0.0694. The summed E-state index contributed by atoms with van der Waals surface area (Å²) in [4.78, 5) is 24.0. The average molecular weight is 351 g/mol. The molecule has 2 amide bonds. The van der Waals surface area contributed by atoms with Crippen molar-refractivity contribution in [1.29, 1.82) is 0 Å². The lowest BCUT2D eigenvalue weighted by atomic mass is 10.1. The number of amides is 2. The zero-order chi connectivity index (χ0) is 18.5. The molecule has 136 valence electrons. The van der Waals surface area contributed by atoms with Crippen LogP contribution in [0.2, 0.25) is 0 Å². The lowest BCUT2D eigenvalue weighted by molar-refractivity contribution is -0.119. The van der Waals surface area contributed by atoms with Crippen LogP contribution in [0.3, 0.4) is 0 Å². The molecule has 0 aliphatic heterocycles. The van der Waals surface area contributed by atoms with Crippen LogP contribution in [0.4, 0.5) is 11.4 Å². The van der Waals surface area contributed by atoms with Gasteiger partial charge in [-0.05, 0) is 55.5 Å². The molecule has 5 heteroatoms. The second-order valence-electron chi connectivity index (χ2n) is 6.85. The van der Waals surface area contributed by atoms with Gasteiger partial charge in [0.25, 0.3) is 0 Å². The summed E-state index contributed by atoms with van der Waals surface area (Å²) in [6.45, 7) is 4.71. The maximum Gasteiger partial charge on any atom is 0.239 e. The van der Waals surface area contributed by atoms with Crippen LogP contribution in [0, 0.1) is 19.8 Å². The van der Waals surface area contributed by atoms with Gasteiger partial charge in [0.15, 0.2) is 0 Å². The standard InChI is InChI=1S/C21H25N3O2/c1-14-5-3-4-6-17(14)12-23-20(25)13-22-19-11-18(10-7-15(19)2)24-21(26)16-8-9-16/h3-7,10-11,16,22H,8-9,12-13H2,1-2H3,(H,23,25)(H,24,26). The fourth-order valence-electron chi connectivity index (χ4n) is 2.72. The van der Waals surface area contributed by atoms with Crippen molar-refractivity contribution in [1.82, 2.24) is 5.32 Å². The highest BCUT2D eigenvalue weighted by molar-refractivity contribution is 5.94. The Labute approximate surface area is 154 Å². The van der Waals surface area contributed by atoms with Gasteiger partial charge in [0, 0.05) is 23.8 Å². The number of hydrogen-bond donors (Lipinski definition) is 3. The molecule has 0 unspecified atom stereocenters. The van der Waals surface area contributed by atoms with Crippen LogP contribution in [0.25, 0.3) is 0 Å². The summed E-state index contributed by atoms with van der Waals surface area (Å²) >= 11 is 0. The van der Waals surface area contributed by atoms with Crippen molar-refractivity contribution in [3.63, 3.8) is 0 Å². The van der Waals surface area contributed by atoms with E-state index in [9.17, 15) is 9.59 Å². The van der Waals surface area contributed by atoms with E-state index in [1.807, 2.05) is 56.3 Å². The summed E-state index contributed by atoms with van der Waals surface area (Å²) in [6, 6.07) is 13.7. The Hall–Kier alpha value is -2.82. The van der Waals surface area contributed by atoms with Crippen molar-refractivity contribution < 1.29 is 9.59 Å². The van der Waals surface area contributed by atoms with Crippen molar-refractivity contribution >= 4 is 23.2 Å². The molecule has 3 rings (SSSR count). The quantitative estimate of drug-likeness (QED) is 0.716. The zero-order valence-corrected chi connectivity index (χ0v) is 15.3. The summed E-state index contributed by atoms with van der Waals surface area (Å²) in [5, 5.41) is 9.02. The van der Waals surface area contributed by atoms with Crippen LogP contribution in [0.15, 0.2) is 42.5 Å². The number of rotatable bonds is 7. The van der Waals surface area contributed by atoms with Crippen LogP contribution in [0.5, 0.6) is 0 Å². The number of aryl methyl sites for hydroxylation is 2. The molecule has 1 fully saturated rings. The summed E-state index contributed by atoms with van der Waals surface area (Å²) in [6.07, 6.45) is 1.95. The fraction of sp³-hybridized carbons (Fsp3) is 0.333. The third-order valence-corrected chi connectivity index (χ3v) is 4.63. The molecular weight excluding hydrogens is 326 g/mol. The largest absolute Gasteiger partial charge is 0.376 e. The molecule has 0 aromatic heterocycles. The van der Waals surface area contributed by atoms with E-state index in [0.29, 0.717) is 6.54 Å². The monoisotopic (exact) mass is 351 g/mol. The molecule has 0 saturated heterocycles. The maximum absolute atomic E-state index is 12.1. The van der Waals surface area contributed by atoms with Gasteiger partial charge < -0.3 is 16.0 Å². The first-order valence-electron chi connectivity index (χ1n) is 8.99. The Bertz CT molecular complexity index is 813. The maximum atomic E-state index is 12.1. The summed E-state index contributed by atoms with van der Waals surface area (Å²) in [5.41, 5.74) is 4.92. The number of hydrogen-bond acceptors (Lipinski definition) is 3. The van der Waals surface area contributed by atoms with Gasteiger partial charge in [0.1, 0.15) is 0 Å². The molecule has 0 spiro atoms. The summed E-state index contributed by atoms with van der Waals surface area (Å²) < 4.78 is 0. The lowest BCUT2D eigenvalue weighted by Crippen LogP contribution is -2.29. The molecule has 1 aliphatic rings. The number of benzene rings is 2. The van der Waals surface area contributed by atoms with E-state index in [2.05, 4.69) is 16.0 Å². The molecule has 0 bridgehead atoms. The second-order valence-corrected chi connectivity index (χ2v) is 6.85. The number of carbonyl (C=O) groups excluding carboxylic acids is 2. The van der Waals surface area contributed by atoms with E-state index < -0.39 is 0 Å². The molecule has 2 aromatic carbocycles.